The van der Waals surface area contributed by atoms with Gasteiger partial charge in [-0.15, -0.1) is 0 Å². The van der Waals surface area contributed by atoms with Crippen molar-refractivity contribution in [3.05, 3.63) is 35.1 Å². The smallest absolute Gasteiger partial charge is 0.438 e. The second-order valence-corrected chi connectivity index (χ2v) is 7.17. The maximum Gasteiger partial charge on any atom is 0.438 e. The topological polar surface area (TPSA) is 35.4 Å². The van der Waals surface area contributed by atoms with Crippen LogP contribution in [-0.4, -0.2) is 21.2 Å². The lowest BCUT2D eigenvalue weighted by Gasteiger charge is -2.20. The van der Waals surface area contributed by atoms with Crippen LogP contribution in [0.25, 0.3) is 0 Å². The number of halogens is 4. The van der Waals surface area contributed by atoms with E-state index in [1.807, 2.05) is 0 Å². The molecule has 0 aromatic heterocycles. The van der Waals surface area contributed by atoms with Crippen molar-refractivity contribution >= 4 is 17.1 Å². The fourth-order valence-electron chi connectivity index (χ4n) is 1.28. The van der Waals surface area contributed by atoms with Crippen molar-refractivity contribution in [3.8, 4) is 0 Å². The molecular formula is C13H15F4NOS. The molecule has 0 saturated carbocycles. The molecule has 0 heterocycles. The van der Waals surface area contributed by atoms with Gasteiger partial charge < -0.3 is 4.55 Å². The van der Waals surface area contributed by atoms with Gasteiger partial charge in [-0.3, -0.25) is 0 Å². The molecule has 0 amide bonds. The minimum Gasteiger partial charge on any atom is -0.591 e. The minimum absolute atomic E-state index is 0.0704. The summed E-state index contributed by atoms with van der Waals surface area (Å²) in [4.78, 5) is 0. The number of hydrogen-bond acceptors (Lipinski definition) is 2. The molecule has 0 fully saturated rings. The first-order valence-electron chi connectivity index (χ1n) is 5.77. The zero-order valence-corrected chi connectivity index (χ0v) is 12.3. The van der Waals surface area contributed by atoms with Gasteiger partial charge in [0.1, 0.15) is 21.9 Å². The summed E-state index contributed by atoms with van der Waals surface area (Å²) in [6.07, 6.45) is -4.76. The Morgan fingerprint density at radius 3 is 2.15 bits per heavy atom. The minimum atomic E-state index is -4.76. The van der Waals surface area contributed by atoms with Gasteiger partial charge in [0.15, 0.2) is 0 Å². The highest BCUT2D eigenvalue weighted by atomic mass is 32.2. The summed E-state index contributed by atoms with van der Waals surface area (Å²) in [5.74, 6) is -0.604. The molecule has 0 aliphatic heterocycles. The fourth-order valence-corrected chi connectivity index (χ4v) is 1.93. The Hall–Kier alpha value is -1.08. The standard InChI is InChI=1S/C13H15F4NOS/c1-8-7-9(5-6-10(8)14)11(13(15,16)17)18-20(19)12(2,3)4/h5-7H,1-4H3/b18-11-. The Morgan fingerprint density at radius 2 is 1.75 bits per heavy atom. The first-order valence-corrected chi connectivity index (χ1v) is 6.88. The number of rotatable bonds is 2. The van der Waals surface area contributed by atoms with Crippen molar-refractivity contribution < 1.29 is 22.1 Å². The van der Waals surface area contributed by atoms with Crippen LogP contribution >= 0.6 is 0 Å². The summed E-state index contributed by atoms with van der Waals surface area (Å²) in [6.45, 7) is 5.93. The van der Waals surface area contributed by atoms with E-state index in [9.17, 15) is 22.1 Å². The largest absolute Gasteiger partial charge is 0.591 e. The van der Waals surface area contributed by atoms with Crippen molar-refractivity contribution in [3.63, 3.8) is 0 Å². The summed E-state index contributed by atoms with van der Waals surface area (Å²) in [5, 5.41) is 0. The van der Waals surface area contributed by atoms with Crippen molar-refractivity contribution in [1.82, 2.24) is 0 Å². The van der Waals surface area contributed by atoms with Gasteiger partial charge in [-0.2, -0.15) is 13.2 Å². The molecule has 1 aromatic rings. The second kappa shape index (κ2) is 5.73. The van der Waals surface area contributed by atoms with Crippen LogP contribution < -0.4 is 0 Å². The summed E-state index contributed by atoms with van der Waals surface area (Å²) < 4.78 is 66.4. The van der Waals surface area contributed by atoms with Crippen molar-refractivity contribution in [2.75, 3.05) is 0 Å². The van der Waals surface area contributed by atoms with E-state index in [4.69, 9.17) is 0 Å². The molecule has 20 heavy (non-hydrogen) atoms. The number of nitrogens with zero attached hydrogens (tertiary/aromatic N) is 1. The molecular weight excluding hydrogens is 294 g/mol. The zero-order valence-electron chi connectivity index (χ0n) is 11.5. The van der Waals surface area contributed by atoms with Gasteiger partial charge in [0.05, 0.1) is 0 Å². The number of hydrogen-bond donors (Lipinski definition) is 0. The Labute approximate surface area is 118 Å². The van der Waals surface area contributed by atoms with Crippen LogP contribution in [0.3, 0.4) is 0 Å². The Bertz CT molecular complexity index is 520. The summed E-state index contributed by atoms with van der Waals surface area (Å²) in [7, 11) is 0. The van der Waals surface area contributed by atoms with Crippen LogP contribution in [0, 0.1) is 12.7 Å². The molecule has 1 aromatic carbocycles. The van der Waals surface area contributed by atoms with Crippen LogP contribution in [0.2, 0.25) is 0 Å². The number of benzene rings is 1. The second-order valence-electron chi connectivity index (χ2n) is 5.26. The normalized spacial score (nSPS) is 15.3. The summed E-state index contributed by atoms with van der Waals surface area (Å²) in [5.41, 5.74) is -1.48. The molecule has 1 unspecified atom stereocenters. The monoisotopic (exact) mass is 309 g/mol. The van der Waals surface area contributed by atoms with E-state index in [0.29, 0.717) is 0 Å². The van der Waals surface area contributed by atoms with Gasteiger partial charge in [0.2, 0.25) is 5.71 Å². The maximum absolute atomic E-state index is 13.1. The van der Waals surface area contributed by atoms with Crippen LogP contribution in [0.15, 0.2) is 22.6 Å². The molecule has 1 atom stereocenters. The third-order valence-electron chi connectivity index (χ3n) is 2.40. The van der Waals surface area contributed by atoms with Crippen molar-refractivity contribution in [1.29, 1.82) is 0 Å². The third kappa shape index (κ3) is 4.21. The average molecular weight is 309 g/mol. The van der Waals surface area contributed by atoms with E-state index in [0.717, 1.165) is 18.2 Å². The van der Waals surface area contributed by atoms with Gasteiger partial charge in [-0.25, -0.2) is 4.39 Å². The molecule has 0 aliphatic rings. The number of aryl methyl sites for hydroxylation is 1. The van der Waals surface area contributed by atoms with Gasteiger partial charge in [0.25, 0.3) is 0 Å². The molecule has 0 radical (unpaired) electrons. The molecule has 0 spiro atoms. The lowest BCUT2D eigenvalue weighted by atomic mass is 10.1. The lowest BCUT2D eigenvalue weighted by Crippen LogP contribution is -2.31. The van der Waals surface area contributed by atoms with Gasteiger partial charge in [-0.05, 0) is 51.5 Å². The molecule has 0 bridgehead atoms. The molecule has 0 saturated heterocycles. The Morgan fingerprint density at radius 1 is 1.20 bits per heavy atom. The Balaban J connectivity index is 3.34. The molecule has 7 heteroatoms. The summed E-state index contributed by atoms with van der Waals surface area (Å²) >= 11 is -2.05. The van der Waals surface area contributed by atoms with Crippen LogP contribution in [0.1, 0.15) is 31.9 Å². The average Bonchev–Trinajstić information content (AvgIpc) is 2.26. The van der Waals surface area contributed by atoms with E-state index in [1.165, 1.54) is 27.7 Å². The van der Waals surface area contributed by atoms with E-state index in [2.05, 4.69) is 4.40 Å². The van der Waals surface area contributed by atoms with Crippen molar-refractivity contribution in [2.45, 2.75) is 38.6 Å². The number of alkyl halides is 3. The van der Waals surface area contributed by atoms with Gasteiger partial charge in [-0.1, -0.05) is 4.40 Å². The van der Waals surface area contributed by atoms with Crippen molar-refractivity contribution in [2.24, 2.45) is 4.40 Å². The van der Waals surface area contributed by atoms with E-state index < -0.39 is 33.8 Å². The molecule has 0 aliphatic carbocycles. The summed E-state index contributed by atoms with van der Waals surface area (Å²) in [6, 6.07) is 2.96. The molecule has 112 valence electrons. The highest BCUT2D eigenvalue weighted by molar-refractivity contribution is 7.91. The van der Waals surface area contributed by atoms with E-state index >= 15 is 0 Å². The van der Waals surface area contributed by atoms with Crippen LogP contribution in [0.4, 0.5) is 17.6 Å². The molecule has 0 N–H and O–H groups in total. The van der Waals surface area contributed by atoms with Crippen LogP contribution in [0.5, 0.6) is 0 Å². The van der Waals surface area contributed by atoms with E-state index in [1.54, 1.807) is 0 Å². The van der Waals surface area contributed by atoms with Gasteiger partial charge >= 0.3 is 6.18 Å². The predicted octanol–water partition coefficient (Wildman–Crippen LogP) is 3.95. The quantitative estimate of drug-likeness (QED) is 0.463. The predicted molar refractivity (Wildman–Crippen MR) is 71.6 cm³/mol. The SMILES string of the molecule is Cc1cc(/C(=N/[S+]([O-])C(C)(C)C)C(F)(F)F)ccc1F. The third-order valence-corrected chi connectivity index (χ3v) is 3.79. The first-order chi connectivity index (χ1) is 8.93. The lowest BCUT2D eigenvalue weighted by molar-refractivity contribution is -0.0578. The molecule has 1 rings (SSSR count). The fraction of sp³-hybridized carbons (Fsp3) is 0.462. The highest BCUT2D eigenvalue weighted by Crippen LogP contribution is 2.27. The molecule has 2 nitrogen and oxygen atoms in total. The van der Waals surface area contributed by atoms with E-state index in [-0.39, 0.29) is 11.1 Å². The van der Waals surface area contributed by atoms with Crippen LogP contribution in [-0.2, 0) is 11.4 Å². The Kier molecular flexibility index (Phi) is 4.86. The maximum atomic E-state index is 13.1. The van der Waals surface area contributed by atoms with Gasteiger partial charge in [0, 0.05) is 5.56 Å². The highest BCUT2D eigenvalue weighted by Gasteiger charge is 2.41. The zero-order chi connectivity index (χ0) is 15.7. The first kappa shape index (κ1) is 17.0.